The highest BCUT2D eigenvalue weighted by molar-refractivity contribution is 6.04. The van der Waals surface area contributed by atoms with E-state index in [0.717, 1.165) is 12.8 Å². The molecule has 1 amide bonds. The molecule has 0 atom stereocenters. The number of ketones is 1. The molecular weight excluding hydrogens is 246 g/mol. The van der Waals surface area contributed by atoms with Crippen LogP contribution >= 0.6 is 0 Å². The van der Waals surface area contributed by atoms with Crippen molar-refractivity contribution in [1.29, 1.82) is 0 Å². The molecule has 0 saturated heterocycles. The zero-order chi connectivity index (χ0) is 13.8. The number of amides is 1. The van der Waals surface area contributed by atoms with E-state index in [1.807, 2.05) is 0 Å². The largest absolute Gasteiger partial charge is 0.455 e. The van der Waals surface area contributed by atoms with Gasteiger partial charge in [-0.25, -0.2) is 0 Å². The van der Waals surface area contributed by atoms with Crippen LogP contribution in [0.2, 0.25) is 0 Å². The van der Waals surface area contributed by atoms with Crippen molar-refractivity contribution >= 4 is 23.3 Å². The Labute approximate surface area is 110 Å². The third-order valence-electron chi connectivity index (χ3n) is 2.84. The Bertz CT molecular complexity index is 520. The van der Waals surface area contributed by atoms with E-state index in [9.17, 15) is 14.4 Å². The molecule has 0 heterocycles. The second kappa shape index (κ2) is 5.65. The molecule has 0 unspecified atom stereocenters. The molecule has 5 nitrogen and oxygen atoms in total. The molecule has 1 fully saturated rings. The molecule has 1 N–H and O–H groups in total. The summed E-state index contributed by atoms with van der Waals surface area (Å²) in [5.74, 6) is -0.930. The first-order chi connectivity index (χ1) is 9.08. The maximum absolute atomic E-state index is 11.6. The van der Waals surface area contributed by atoms with Crippen LogP contribution < -0.4 is 5.32 Å². The first-order valence-corrected chi connectivity index (χ1v) is 6.14. The summed E-state index contributed by atoms with van der Waals surface area (Å²) in [5, 5.41) is 2.57. The number of rotatable bonds is 5. The van der Waals surface area contributed by atoms with Gasteiger partial charge >= 0.3 is 5.97 Å². The Balaban J connectivity index is 1.91. The van der Waals surface area contributed by atoms with Gasteiger partial charge in [0.15, 0.2) is 12.4 Å². The summed E-state index contributed by atoms with van der Waals surface area (Å²) in [7, 11) is 0. The van der Waals surface area contributed by atoms with Gasteiger partial charge in [-0.1, -0.05) is 12.1 Å². The molecule has 19 heavy (non-hydrogen) atoms. The summed E-state index contributed by atoms with van der Waals surface area (Å²) < 4.78 is 4.86. The van der Waals surface area contributed by atoms with Gasteiger partial charge in [0.2, 0.25) is 0 Å². The monoisotopic (exact) mass is 261 g/mol. The summed E-state index contributed by atoms with van der Waals surface area (Å²) in [4.78, 5) is 34.3. The minimum atomic E-state index is -0.442. The topological polar surface area (TPSA) is 72.5 Å². The molecular formula is C14H15NO4. The Kier molecular flexibility index (Phi) is 3.94. The fraction of sp³-hybridized carbons (Fsp3) is 0.357. The average Bonchev–Trinajstić information content (AvgIpc) is 3.20. The van der Waals surface area contributed by atoms with E-state index in [2.05, 4.69) is 5.32 Å². The normalized spacial score (nSPS) is 13.7. The lowest BCUT2D eigenvalue weighted by Gasteiger charge is -2.09. The molecule has 0 spiro atoms. The van der Waals surface area contributed by atoms with E-state index < -0.39 is 5.91 Å². The van der Waals surface area contributed by atoms with Crippen LogP contribution in [-0.4, -0.2) is 24.3 Å². The predicted octanol–water partition coefficient (Wildman–Crippen LogP) is 1.78. The van der Waals surface area contributed by atoms with Crippen molar-refractivity contribution in [2.24, 2.45) is 5.92 Å². The molecule has 100 valence electrons. The zero-order valence-electron chi connectivity index (χ0n) is 10.6. The van der Waals surface area contributed by atoms with Crippen LogP contribution in [0.1, 0.15) is 30.1 Å². The SMILES string of the molecule is CC(=O)c1ccccc1NC(=O)COC(=O)C1CC1. The molecule has 2 rings (SSSR count). The highest BCUT2D eigenvalue weighted by Gasteiger charge is 2.31. The Hall–Kier alpha value is -2.17. The molecule has 0 bridgehead atoms. The van der Waals surface area contributed by atoms with Crippen LogP contribution in [-0.2, 0) is 14.3 Å². The lowest BCUT2D eigenvalue weighted by atomic mass is 10.1. The van der Waals surface area contributed by atoms with Gasteiger partial charge < -0.3 is 10.1 Å². The van der Waals surface area contributed by atoms with E-state index in [-0.39, 0.29) is 24.3 Å². The first kappa shape index (κ1) is 13.3. The number of anilines is 1. The predicted molar refractivity (Wildman–Crippen MR) is 68.8 cm³/mol. The molecule has 0 aliphatic heterocycles. The number of carbonyl (C=O) groups is 3. The highest BCUT2D eigenvalue weighted by Crippen LogP contribution is 2.29. The molecule has 1 saturated carbocycles. The van der Waals surface area contributed by atoms with Crippen LogP contribution in [0.5, 0.6) is 0 Å². The van der Waals surface area contributed by atoms with Crippen LogP contribution in [0, 0.1) is 5.92 Å². The quantitative estimate of drug-likeness (QED) is 0.647. The standard InChI is InChI=1S/C14H15NO4/c1-9(16)11-4-2-3-5-12(11)15-13(17)8-19-14(18)10-6-7-10/h2-5,10H,6-8H2,1H3,(H,15,17). The number of Topliss-reactive ketones (excluding diaryl/α,β-unsaturated/α-hetero) is 1. The second-order valence-electron chi connectivity index (χ2n) is 4.53. The smallest absolute Gasteiger partial charge is 0.309 e. The molecule has 5 heteroatoms. The average molecular weight is 261 g/mol. The van der Waals surface area contributed by atoms with Gasteiger partial charge in [0.25, 0.3) is 5.91 Å². The van der Waals surface area contributed by atoms with Gasteiger partial charge in [-0.3, -0.25) is 14.4 Å². The first-order valence-electron chi connectivity index (χ1n) is 6.14. The van der Waals surface area contributed by atoms with Crippen LogP contribution in [0.4, 0.5) is 5.69 Å². The number of ether oxygens (including phenoxy) is 1. The van der Waals surface area contributed by atoms with Crippen molar-refractivity contribution < 1.29 is 19.1 Å². The maximum atomic E-state index is 11.6. The van der Waals surface area contributed by atoms with Crippen LogP contribution in [0.15, 0.2) is 24.3 Å². The summed E-state index contributed by atoms with van der Waals surface area (Å²) in [6, 6.07) is 6.71. The Morgan fingerprint density at radius 2 is 1.95 bits per heavy atom. The third kappa shape index (κ3) is 3.64. The molecule has 1 aromatic carbocycles. The highest BCUT2D eigenvalue weighted by atomic mass is 16.5. The summed E-state index contributed by atoms with van der Waals surface area (Å²) in [6.07, 6.45) is 1.68. The lowest BCUT2D eigenvalue weighted by molar-refractivity contribution is -0.148. The number of benzene rings is 1. The number of esters is 1. The van der Waals surface area contributed by atoms with E-state index in [0.29, 0.717) is 11.3 Å². The number of carbonyl (C=O) groups excluding carboxylic acids is 3. The minimum Gasteiger partial charge on any atom is -0.455 e. The van der Waals surface area contributed by atoms with Gasteiger partial charge in [0.1, 0.15) is 0 Å². The van der Waals surface area contributed by atoms with Crippen molar-refractivity contribution in [3.05, 3.63) is 29.8 Å². The number of nitrogens with one attached hydrogen (secondary N) is 1. The van der Waals surface area contributed by atoms with Crippen LogP contribution in [0.25, 0.3) is 0 Å². The summed E-state index contributed by atoms with van der Waals surface area (Å²) >= 11 is 0. The van der Waals surface area contributed by atoms with E-state index >= 15 is 0 Å². The Morgan fingerprint density at radius 3 is 2.58 bits per heavy atom. The van der Waals surface area contributed by atoms with Gasteiger partial charge in [0, 0.05) is 5.56 Å². The Morgan fingerprint density at radius 1 is 1.26 bits per heavy atom. The fourth-order valence-corrected chi connectivity index (χ4v) is 1.66. The van der Waals surface area contributed by atoms with Gasteiger partial charge in [-0.2, -0.15) is 0 Å². The van der Waals surface area contributed by atoms with Gasteiger partial charge in [-0.05, 0) is 31.9 Å². The number of para-hydroxylation sites is 1. The summed E-state index contributed by atoms with van der Waals surface area (Å²) in [5.41, 5.74) is 0.867. The summed E-state index contributed by atoms with van der Waals surface area (Å²) in [6.45, 7) is 1.11. The molecule has 0 aromatic heterocycles. The molecule has 1 aliphatic rings. The van der Waals surface area contributed by atoms with Crippen molar-refractivity contribution in [3.8, 4) is 0 Å². The van der Waals surface area contributed by atoms with Crippen molar-refractivity contribution in [2.45, 2.75) is 19.8 Å². The maximum Gasteiger partial charge on any atom is 0.309 e. The number of hydrogen-bond donors (Lipinski definition) is 1. The third-order valence-corrected chi connectivity index (χ3v) is 2.84. The van der Waals surface area contributed by atoms with Gasteiger partial charge in [0.05, 0.1) is 11.6 Å². The molecule has 0 radical (unpaired) electrons. The molecule has 1 aliphatic carbocycles. The second-order valence-corrected chi connectivity index (χ2v) is 4.53. The molecule has 1 aromatic rings. The minimum absolute atomic E-state index is 0.0303. The number of hydrogen-bond acceptors (Lipinski definition) is 4. The van der Waals surface area contributed by atoms with Crippen molar-refractivity contribution in [3.63, 3.8) is 0 Å². The van der Waals surface area contributed by atoms with Crippen LogP contribution in [0.3, 0.4) is 0 Å². The zero-order valence-corrected chi connectivity index (χ0v) is 10.6. The van der Waals surface area contributed by atoms with Gasteiger partial charge in [-0.15, -0.1) is 0 Å². The van der Waals surface area contributed by atoms with E-state index in [1.54, 1.807) is 24.3 Å². The van der Waals surface area contributed by atoms with Crippen molar-refractivity contribution in [1.82, 2.24) is 0 Å². The van der Waals surface area contributed by atoms with E-state index in [4.69, 9.17) is 4.74 Å². The fourth-order valence-electron chi connectivity index (χ4n) is 1.66. The lowest BCUT2D eigenvalue weighted by Crippen LogP contribution is -2.22. The van der Waals surface area contributed by atoms with E-state index in [1.165, 1.54) is 6.92 Å². The van der Waals surface area contributed by atoms with Crippen molar-refractivity contribution in [2.75, 3.05) is 11.9 Å².